The molecule has 1 fully saturated rings. The molecule has 2 N–H and O–H groups in total. The molecular weight excluding hydrogens is 684 g/mol. The first-order valence-electron chi connectivity index (χ1n) is 16.8. The minimum atomic E-state index is -2.28. The molecule has 0 bridgehead atoms. The smallest absolute Gasteiger partial charge is 0.366 e. The maximum Gasteiger partial charge on any atom is 0.366 e. The van der Waals surface area contributed by atoms with Gasteiger partial charge in [-0.05, 0) is 24.1 Å². The Morgan fingerprint density at radius 1 is 0.923 bits per heavy atom. The second-order valence-electron chi connectivity index (χ2n) is 12.0. The Bertz CT molecular complexity index is 1460. The first kappa shape index (κ1) is 43.2. The van der Waals surface area contributed by atoms with Crippen LogP contribution in [-0.2, 0) is 73.1 Å². The summed E-state index contributed by atoms with van der Waals surface area (Å²) < 4.78 is 39.0. The molecule has 0 aliphatic carbocycles. The predicted octanol–water partition coefficient (Wildman–Crippen LogP) is 1.42. The van der Waals surface area contributed by atoms with Crippen molar-refractivity contribution in [1.82, 2.24) is 10.6 Å². The van der Waals surface area contributed by atoms with Crippen LogP contribution in [0.15, 0.2) is 24.3 Å². The molecule has 1 aliphatic rings. The van der Waals surface area contributed by atoms with E-state index in [0.29, 0.717) is 17.5 Å². The van der Waals surface area contributed by atoms with E-state index < -0.39 is 97.5 Å². The van der Waals surface area contributed by atoms with Crippen LogP contribution in [0.2, 0.25) is 0 Å². The quantitative estimate of drug-likeness (QED) is 0.0893. The number of esters is 5. The van der Waals surface area contributed by atoms with Crippen LogP contribution in [-0.4, -0.2) is 105 Å². The van der Waals surface area contributed by atoms with Crippen molar-refractivity contribution in [2.75, 3.05) is 26.9 Å². The molecule has 16 heteroatoms. The lowest BCUT2D eigenvalue weighted by Gasteiger charge is -2.48. The number of carbonyl (C=O) groups is 7. The molecule has 1 aromatic rings. The van der Waals surface area contributed by atoms with Gasteiger partial charge >= 0.3 is 29.8 Å². The summed E-state index contributed by atoms with van der Waals surface area (Å²) in [6.45, 7) is 5.10. The number of amides is 2. The van der Waals surface area contributed by atoms with E-state index >= 15 is 0 Å². The zero-order chi connectivity index (χ0) is 38.8. The van der Waals surface area contributed by atoms with E-state index in [2.05, 4.69) is 16.6 Å². The molecular formula is C36H48N2O14. The molecule has 0 spiro atoms. The molecule has 6 atom stereocenters. The van der Waals surface area contributed by atoms with E-state index in [1.807, 2.05) is 6.92 Å². The van der Waals surface area contributed by atoms with Crippen molar-refractivity contribution in [2.45, 2.75) is 109 Å². The lowest BCUT2D eigenvalue weighted by molar-refractivity contribution is -0.313. The van der Waals surface area contributed by atoms with Crippen LogP contribution in [0.25, 0.3) is 0 Å². The van der Waals surface area contributed by atoms with Gasteiger partial charge < -0.3 is 43.8 Å². The second-order valence-corrected chi connectivity index (χ2v) is 12.0. The first-order valence-corrected chi connectivity index (χ1v) is 16.8. The van der Waals surface area contributed by atoms with Crippen molar-refractivity contribution in [1.29, 1.82) is 0 Å². The molecule has 16 nitrogen and oxygen atoms in total. The molecule has 1 unspecified atom stereocenters. The third-order valence-corrected chi connectivity index (χ3v) is 7.73. The normalized spacial score (nSPS) is 20.5. The monoisotopic (exact) mass is 732 g/mol. The third-order valence-electron chi connectivity index (χ3n) is 7.73. The van der Waals surface area contributed by atoms with Gasteiger partial charge in [0, 0.05) is 33.3 Å². The summed E-state index contributed by atoms with van der Waals surface area (Å²) in [7, 11) is 1.08. The Morgan fingerprint density at radius 3 is 2.15 bits per heavy atom. The molecule has 0 radical (unpaired) electrons. The molecule has 286 valence electrons. The molecule has 0 aromatic heterocycles. The number of carbonyl (C=O) groups excluding carboxylic acids is 7. The fourth-order valence-corrected chi connectivity index (χ4v) is 5.48. The molecule has 1 saturated heterocycles. The number of unbranched alkanes of at least 4 members (excludes halogenated alkanes) is 3. The van der Waals surface area contributed by atoms with E-state index in [0.717, 1.165) is 54.1 Å². The minimum Gasteiger partial charge on any atom is -0.465 e. The number of rotatable bonds is 19. The molecule has 1 heterocycles. The van der Waals surface area contributed by atoms with E-state index in [1.54, 1.807) is 24.3 Å². The van der Waals surface area contributed by atoms with E-state index in [1.165, 1.54) is 0 Å². The summed E-state index contributed by atoms with van der Waals surface area (Å²) in [6.07, 6.45) is 1.55. The van der Waals surface area contributed by atoms with Crippen molar-refractivity contribution in [3.05, 3.63) is 35.4 Å². The van der Waals surface area contributed by atoms with Crippen molar-refractivity contribution >= 4 is 41.7 Å². The summed E-state index contributed by atoms with van der Waals surface area (Å²) in [6, 6.07) is 5.22. The average Bonchev–Trinajstić information content (AvgIpc) is 3.08. The highest BCUT2D eigenvalue weighted by molar-refractivity contribution is 5.81. The number of hydrogen-bond acceptors (Lipinski definition) is 14. The van der Waals surface area contributed by atoms with Gasteiger partial charge in [-0.15, -0.1) is 6.42 Å². The number of nitrogens with one attached hydrogen (secondary N) is 2. The van der Waals surface area contributed by atoms with Crippen LogP contribution in [0.4, 0.5) is 0 Å². The first-order chi connectivity index (χ1) is 24.6. The Labute approximate surface area is 302 Å². The van der Waals surface area contributed by atoms with Gasteiger partial charge in [0.1, 0.15) is 12.2 Å². The maximum absolute atomic E-state index is 13.5. The second kappa shape index (κ2) is 21.4. The van der Waals surface area contributed by atoms with Crippen LogP contribution >= 0.6 is 0 Å². The van der Waals surface area contributed by atoms with Gasteiger partial charge in [0.15, 0.2) is 18.8 Å². The average molecular weight is 733 g/mol. The number of benzene rings is 1. The zero-order valence-corrected chi connectivity index (χ0v) is 30.4. The number of ether oxygens (including phenoxy) is 7. The number of hydrogen-bond donors (Lipinski definition) is 2. The summed E-state index contributed by atoms with van der Waals surface area (Å²) in [4.78, 5) is 88.6. The van der Waals surface area contributed by atoms with Gasteiger partial charge in [-0.1, -0.05) is 44.2 Å². The topological polar surface area (TPSA) is 208 Å². The Morgan fingerprint density at radius 2 is 1.60 bits per heavy atom. The van der Waals surface area contributed by atoms with Crippen LogP contribution in [0.3, 0.4) is 0 Å². The summed E-state index contributed by atoms with van der Waals surface area (Å²) in [5.74, 6) is -5.58. The fourth-order valence-electron chi connectivity index (χ4n) is 5.48. The predicted molar refractivity (Wildman–Crippen MR) is 181 cm³/mol. The zero-order valence-electron chi connectivity index (χ0n) is 30.4. The SMILES string of the molecule is C#Cc1ccc(CC(=O)NC[C@@H](OC(C)=O)[C@@H](OC(C)=O)[C@@H]2O[C@@](OCCCCCC)(C(=O)OC)C[C@H](OC(C)=O)C2NC(=O)COC(C)=O)cc1. The number of terminal acetylenes is 1. The van der Waals surface area contributed by atoms with Crippen molar-refractivity contribution in [3.63, 3.8) is 0 Å². The lowest BCUT2D eigenvalue weighted by Crippen LogP contribution is -2.70. The Balaban J connectivity index is 2.64. The lowest BCUT2D eigenvalue weighted by atomic mass is 9.87. The molecule has 2 rings (SSSR count). The molecule has 52 heavy (non-hydrogen) atoms. The van der Waals surface area contributed by atoms with Crippen LogP contribution in [0.5, 0.6) is 0 Å². The molecule has 1 aromatic carbocycles. The summed E-state index contributed by atoms with van der Waals surface area (Å²) in [5, 5.41) is 5.21. The highest BCUT2D eigenvalue weighted by Crippen LogP contribution is 2.37. The third kappa shape index (κ3) is 14.0. The Hall–Kier alpha value is -5.01. The molecule has 1 aliphatic heterocycles. The largest absolute Gasteiger partial charge is 0.465 e. The summed E-state index contributed by atoms with van der Waals surface area (Å²) >= 11 is 0. The van der Waals surface area contributed by atoms with Gasteiger partial charge in [-0.25, -0.2) is 4.79 Å². The van der Waals surface area contributed by atoms with Crippen LogP contribution in [0.1, 0.15) is 77.8 Å². The van der Waals surface area contributed by atoms with E-state index in [9.17, 15) is 33.6 Å². The molecule has 0 saturated carbocycles. The highest BCUT2D eigenvalue weighted by Gasteiger charge is 2.59. The fraction of sp³-hybridized carbons (Fsp3) is 0.583. The highest BCUT2D eigenvalue weighted by atomic mass is 16.7. The van der Waals surface area contributed by atoms with Crippen molar-refractivity contribution in [2.24, 2.45) is 0 Å². The van der Waals surface area contributed by atoms with Crippen LogP contribution in [0, 0.1) is 12.3 Å². The molecule has 2 amide bonds. The van der Waals surface area contributed by atoms with E-state index in [4.69, 9.17) is 39.6 Å². The van der Waals surface area contributed by atoms with Crippen molar-refractivity contribution < 1.29 is 66.7 Å². The Kier molecular flexibility index (Phi) is 17.7. The minimum absolute atomic E-state index is 0.0118. The van der Waals surface area contributed by atoms with Gasteiger partial charge in [0.05, 0.1) is 39.1 Å². The number of methoxy groups -OCH3 is 1. The maximum atomic E-state index is 13.5. The van der Waals surface area contributed by atoms with E-state index in [-0.39, 0.29) is 13.0 Å². The van der Waals surface area contributed by atoms with Gasteiger partial charge in [0.25, 0.3) is 11.7 Å². The van der Waals surface area contributed by atoms with Gasteiger partial charge in [0.2, 0.25) is 5.91 Å². The van der Waals surface area contributed by atoms with Gasteiger partial charge in [-0.2, -0.15) is 0 Å². The van der Waals surface area contributed by atoms with Gasteiger partial charge in [-0.3, -0.25) is 28.8 Å². The standard InChI is InChI=1S/C36H48N2O14/c1-8-10-11-12-17-48-36(35(45)46-7)19-28(49-23(4)40)32(38-31(44)21-47-22(3)39)34(52-36)33(51-25(6)42)29(50-24(5)41)20-37-30(43)18-27-15-13-26(9-2)14-16-27/h2,13-16,28-29,32-34H,8,10-12,17-21H2,1,3-7H3,(H,37,43)(H,38,44)/t28-,29+,32?,33+,34+,36+/m0/s1. The van der Waals surface area contributed by atoms with Crippen molar-refractivity contribution in [3.8, 4) is 12.3 Å². The summed E-state index contributed by atoms with van der Waals surface area (Å²) in [5.41, 5.74) is 1.23. The van der Waals surface area contributed by atoms with Crippen LogP contribution < -0.4 is 10.6 Å².